The number of aryl methyl sites for hydroxylation is 1. The van der Waals surface area contributed by atoms with Gasteiger partial charge in [0.2, 0.25) is 0 Å². The van der Waals surface area contributed by atoms with Gasteiger partial charge < -0.3 is 20.6 Å². The van der Waals surface area contributed by atoms with Gasteiger partial charge >= 0.3 is 0 Å². The van der Waals surface area contributed by atoms with Crippen molar-refractivity contribution in [3.63, 3.8) is 0 Å². The Morgan fingerprint density at radius 3 is 2.88 bits per heavy atom. The van der Waals surface area contributed by atoms with Crippen molar-refractivity contribution >= 4 is 17.4 Å². The van der Waals surface area contributed by atoms with Crippen molar-refractivity contribution in [1.82, 2.24) is 24.4 Å². The molecule has 0 radical (unpaired) electrons. The molecule has 1 amide bonds. The van der Waals surface area contributed by atoms with Crippen molar-refractivity contribution in [3.05, 3.63) is 23.5 Å². The Labute approximate surface area is 147 Å². The van der Waals surface area contributed by atoms with Gasteiger partial charge in [-0.15, -0.1) is 0 Å². The fraction of sp³-hybridized carbons (Fsp3) is 0.588. The van der Waals surface area contributed by atoms with Crippen molar-refractivity contribution in [2.24, 2.45) is 0 Å². The number of anilines is 1. The van der Waals surface area contributed by atoms with E-state index in [9.17, 15) is 9.90 Å². The van der Waals surface area contributed by atoms with Crippen LogP contribution in [0.5, 0.6) is 0 Å². The minimum atomic E-state index is -0.759. The number of fused-ring (bicyclic) bond motifs is 1. The Morgan fingerprint density at radius 1 is 1.40 bits per heavy atom. The molecule has 1 atom stereocenters. The standard InChI is InChI=1S/C17H26N6O2/c1-12-9-14-19-10-13(15(18)23(14)20-12)16(24)22-7-4-5-17(25,6-8-22)11-21(2)3/h9-10,25H,4-8,11,18H2,1-3H3/t17-/m1/s1. The van der Waals surface area contributed by atoms with Crippen LogP contribution in [0.1, 0.15) is 35.3 Å². The molecule has 1 saturated heterocycles. The fourth-order valence-corrected chi connectivity index (χ4v) is 3.53. The number of amides is 1. The largest absolute Gasteiger partial charge is 0.388 e. The van der Waals surface area contributed by atoms with Gasteiger partial charge in [0, 0.05) is 31.9 Å². The SMILES string of the molecule is Cc1cc2ncc(C(=O)N3CCC[C@](O)(CN(C)C)CC3)c(N)n2n1. The number of likely N-dealkylation sites (N-methyl/N-ethyl adjacent to an activating group) is 1. The number of aliphatic hydroxyl groups is 1. The topological polar surface area (TPSA) is 100.0 Å². The first-order chi connectivity index (χ1) is 11.8. The molecule has 0 aliphatic carbocycles. The number of nitrogens with two attached hydrogens (primary N) is 1. The number of likely N-dealkylation sites (tertiary alicyclic amines) is 1. The third-order valence-electron chi connectivity index (χ3n) is 4.69. The molecule has 3 heterocycles. The molecule has 0 aromatic carbocycles. The number of nitrogens with zero attached hydrogens (tertiary/aromatic N) is 5. The third-order valence-corrected chi connectivity index (χ3v) is 4.69. The van der Waals surface area contributed by atoms with Crippen molar-refractivity contribution in [1.29, 1.82) is 0 Å². The summed E-state index contributed by atoms with van der Waals surface area (Å²) in [5.74, 6) is 0.144. The molecule has 25 heavy (non-hydrogen) atoms. The van der Waals surface area contributed by atoms with E-state index in [-0.39, 0.29) is 5.91 Å². The van der Waals surface area contributed by atoms with Crippen LogP contribution >= 0.6 is 0 Å². The smallest absolute Gasteiger partial charge is 0.259 e. The highest BCUT2D eigenvalue weighted by atomic mass is 16.3. The second-order valence-corrected chi connectivity index (χ2v) is 7.22. The maximum absolute atomic E-state index is 12.9. The molecule has 0 spiro atoms. The maximum atomic E-state index is 12.9. The van der Waals surface area contributed by atoms with Crippen molar-refractivity contribution < 1.29 is 9.90 Å². The quantitative estimate of drug-likeness (QED) is 0.841. The van der Waals surface area contributed by atoms with Crippen LogP contribution in [0.2, 0.25) is 0 Å². The van der Waals surface area contributed by atoms with E-state index in [2.05, 4.69) is 10.1 Å². The summed E-state index contributed by atoms with van der Waals surface area (Å²) in [4.78, 5) is 20.9. The number of aromatic nitrogens is 3. The normalized spacial score (nSPS) is 21.7. The first-order valence-corrected chi connectivity index (χ1v) is 8.56. The molecule has 136 valence electrons. The van der Waals surface area contributed by atoms with Crippen LogP contribution in [0.4, 0.5) is 5.82 Å². The van der Waals surface area contributed by atoms with Crippen LogP contribution in [0, 0.1) is 6.92 Å². The lowest BCUT2D eigenvalue weighted by atomic mass is 9.94. The summed E-state index contributed by atoms with van der Waals surface area (Å²) in [5, 5.41) is 15.0. The highest BCUT2D eigenvalue weighted by molar-refractivity contribution is 5.98. The Bertz CT molecular complexity index is 787. The predicted molar refractivity (Wildman–Crippen MR) is 95.4 cm³/mol. The van der Waals surface area contributed by atoms with Crippen molar-refractivity contribution in [2.75, 3.05) is 39.5 Å². The van der Waals surface area contributed by atoms with E-state index >= 15 is 0 Å². The molecule has 0 saturated carbocycles. The van der Waals surface area contributed by atoms with Gasteiger partial charge in [-0.1, -0.05) is 0 Å². The van der Waals surface area contributed by atoms with Crippen molar-refractivity contribution in [3.8, 4) is 0 Å². The van der Waals surface area contributed by atoms with Crippen LogP contribution in [-0.4, -0.2) is 74.7 Å². The molecule has 3 rings (SSSR count). The second-order valence-electron chi connectivity index (χ2n) is 7.22. The zero-order valence-corrected chi connectivity index (χ0v) is 15.1. The van der Waals surface area contributed by atoms with Crippen LogP contribution in [0.25, 0.3) is 5.65 Å². The number of carbonyl (C=O) groups excluding carboxylic acids is 1. The van der Waals surface area contributed by atoms with E-state index in [0.29, 0.717) is 49.5 Å². The summed E-state index contributed by atoms with van der Waals surface area (Å²) in [6, 6.07) is 1.82. The molecule has 8 heteroatoms. The van der Waals surface area contributed by atoms with Gasteiger partial charge in [-0.05, 0) is 40.3 Å². The Morgan fingerprint density at radius 2 is 2.16 bits per heavy atom. The van der Waals surface area contributed by atoms with Gasteiger partial charge in [-0.3, -0.25) is 4.79 Å². The van der Waals surface area contributed by atoms with E-state index < -0.39 is 5.60 Å². The first-order valence-electron chi connectivity index (χ1n) is 8.56. The average molecular weight is 346 g/mol. The monoisotopic (exact) mass is 346 g/mol. The molecular weight excluding hydrogens is 320 g/mol. The highest BCUT2D eigenvalue weighted by Gasteiger charge is 2.32. The molecule has 1 fully saturated rings. The lowest BCUT2D eigenvalue weighted by Gasteiger charge is -2.30. The van der Waals surface area contributed by atoms with Gasteiger partial charge in [0.25, 0.3) is 5.91 Å². The molecule has 1 aliphatic rings. The van der Waals surface area contributed by atoms with Crippen LogP contribution in [0.15, 0.2) is 12.3 Å². The molecular formula is C17H26N6O2. The minimum Gasteiger partial charge on any atom is -0.388 e. The number of nitrogen functional groups attached to an aromatic ring is 1. The van der Waals surface area contributed by atoms with Gasteiger partial charge in [-0.2, -0.15) is 9.61 Å². The molecule has 1 aliphatic heterocycles. The number of rotatable bonds is 3. The number of hydrogen-bond acceptors (Lipinski definition) is 6. The third kappa shape index (κ3) is 3.59. The Kier molecular flexibility index (Phi) is 4.66. The van der Waals surface area contributed by atoms with Crippen molar-refractivity contribution in [2.45, 2.75) is 31.8 Å². The number of carbonyl (C=O) groups is 1. The Balaban J connectivity index is 1.80. The summed E-state index contributed by atoms with van der Waals surface area (Å²) in [6.45, 7) is 3.55. The zero-order chi connectivity index (χ0) is 18.2. The van der Waals surface area contributed by atoms with Crippen LogP contribution in [-0.2, 0) is 0 Å². The zero-order valence-electron chi connectivity index (χ0n) is 15.1. The van der Waals surface area contributed by atoms with E-state index in [1.54, 1.807) is 4.90 Å². The predicted octanol–water partition coefficient (Wildman–Crippen LogP) is 0.539. The lowest BCUT2D eigenvalue weighted by molar-refractivity contribution is 0.00305. The molecule has 8 nitrogen and oxygen atoms in total. The summed E-state index contributed by atoms with van der Waals surface area (Å²) in [5.41, 5.74) is 7.18. The highest BCUT2D eigenvalue weighted by Crippen LogP contribution is 2.25. The van der Waals surface area contributed by atoms with E-state index in [1.165, 1.54) is 10.7 Å². The fourth-order valence-electron chi connectivity index (χ4n) is 3.53. The maximum Gasteiger partial charge on any atom is 0.259 e. The lowest BCUT2D eigenvalue weighted by Crippen LogP contribution is -2.41. The first kappa shape index (κ1) is 17.6. The second kappa shape index (κ2) is 6.61. The van der Waals surface area contributed by atoms with E-state index in [1.807, 2.05) is 32.0 Å². The molecule has 0 unspecified atom stereocenters. The summed E-state index contributed by atoms with van der Waals surface area (Å²) < 4.78 is 1.50. The Hall–Kier alpha value is -2.19. The van der Waals surface area contributed by atoms with E-state index in [0.717, 1.165) is 12.1 Å². The minimum absolute atomic E-state index is 0.158. The summed E-state index contributed by atoms with van der Waals surface area (Å²) >= 11 is 0. The van der Waals surface area contributed by atoms with Gasteiger partial charge in [0.05, 0.1) is 11.3 Å². The van der Waals surface area contributed by atoms with Crippen LogP contribution in [0.3, 0.4) is 0 Å². The molecule has 0 bridgehead atoms. The van der Waals surface area contributed by atoms with Gasteiger partial charge in [0.1, 0.15) is 11.4 Å². The van der Waals surface area contributed by atoms with Gasteiger partial charge in [-0.25, -0.2) is 4.98 Å². The van der Waals surface area contributed by atoms with Gasteiger partial charge in [0.15, 0.2) is 5.65 Å². The molecule has 3 N–H and O–H groups in total. The summed E-state index contributed by atoms with van der Waals surface area (Å²) in [7, 11) is 3.89. The summed E-state index contributed by atoms with van der Waals surface area (Å²) in [6.07, 6.45) is 3.50. The average Bonchev–Trinajstić information content (AvgIpc) is 2.80. The van der Waals surface area contributed by atoms with E-state index in [4.69, 9.17) is 5.73 Å². The molecule has 2 aromatic rings. The molecule has 2 aromatic heterocycles. The van der Waals surface area contributed by atoms with Crippen LogP contribution < -0.4 is 5.73 Å². The number of hydrogen-bond donors (Lipinski definition) is 2.